The molecule has 0 amide bonds. The van der Waals surface area contributed by atoms with Crippen molar-refractivity contribution in [1.82, 2.24) is 0 Å². The van der Waals surface area contributed by atoms with Crippen molar-refractivity contribution in [3.05, 3.63) is 65.7 Å². The largest absolute Gasteiger partial charge is 0.366 e. The summed E-state index contributed by atoms with van der Waals surface area (Å²) in [7, 11) is 0. The van der Waals surface area contributed by atoms with Crippen LogP contribution in [0.15, 0.2) is 48.5 Å². The fraction of sp³-hybridized carbons (Fsp3) is 0.0714. The number of nitriles is 1. The molecule has 0 spiro atoms. The molecule has 1 atom stereocenters. The van der Waals surface area contributed by atoms with Crippen molar-refractivity contribution in [2.75, 3.05) is 5.32 Å². The van der Waals surface area contributed by atoms with Gasteiger partial charge in [0.15, 0.2) is 0 Å². The number of nitrogens with zero attached hydrogens (tertiary/aromatic N) is 1. The third kappa shape index (κ3) is 2.64. The molecule has 2 nitrogen and oxygen atoms in total. The lowest BCUT2D eigenvalue weighted by Gasteiger charge is -2.13. The van der Waals surface area contributed by atoms with Crippen LogP contribution < -0.4 is 5.32 Å². The van der Waals surface area contributed by atoms with Gasteiger partial charge in [-0.2, -0.15) is 5.26 Å². The summed E-state index contributed by atoms with van der Waals surface area (Å²) in [5.41, 5.74) is 0.675. The van der Waals surface area contributed by atoms with Crippen LogP contribution in [0, 0.1) is 23.0 Å². The summed E-state index contributed by atoms with van der Waals surface area (Å²) >= 11 is 0. The molecule has 2 aromatic carbocycles. The Kier molecular flexibility index (Phi) is 3.54. The molecule has 0 fully saturated rings. The zero-order valence-corrected chi connectivity index (χ0v) is 9.40. The predicted octanol–water partition coefficient (Wildman–Crippen LogP) is 3.64. The fourth-order valence-electron chi connectivity index (χ4n) is 1.63. The molecule has 90 valence electrons. The number of benzene rings is 2. The molecule has 0 aliphatic heterocycles. The Hall–Kier alpha value is -2.41. The maximum absolute atomic E-state index is 13.5. The van der Waals surface area contributed by atoms with Crippen LogP contribution in [-0.4, -0.2) is 0 Å². The summed E-state index contributed by atoms with van der Waals surface area (Å²) in [5, 5.41) is 11.8. The van der Waals surface area contributed by atoms with Crippen molar-refractivity contribution in [3.63, 3.8) is 0 Å². The Bertz CT molecular complexity index is 590. The molecule has 0 saturated carbocycles. The van der Waals surface area contributed by atoms with Crippen LogP contribution in [0.2, 0.25) is 0 Å². The van der Waals surface area contributed by atoms with Crippen LogP contribution in [0.4, 0.5) is 14.5 Å². The van der Waals surface area contributed by atoms with Gasteiger partial charge in [0.2, 0.25) is 0 Å². The molecular formula is C14H10F2N2. The number of hydrogen-bond acceptors (Lipinski definition) is 2. The first-order chi connectivity index (χ1) is 8.70. The van der Waals surface area contributed by atoms with Crippen LogP contribution in [0.1, 0.15) is 11.6 Å². The van der Waals surface area contributed by atoms with Crippen LogP contribution in [0.5, 0.6) is 0 Å². The summed E-state index contributed by atoms with van der Waals surface area (Å²) in [6.45, 7) is 0. The lowest BCUT2D eigenvalue weighted by molar-refractivity contribution is 0.607. The second kappa shape index (κ2) is 5.28. The highest BCUT2D eigenvalue weighted by Gasteiger charge is 2.14. The quantitative estimate of drug-likeness (QED) is 0.894. The van der Waals surface area contributed by atoms with Crippen LogP contribution in [0.3, 0.4) is 0 Å². The molecule has 4 heteroatoms. The molecule has 0 radical (unpaired) electrons. The summed E-state index contributed by atoms with van der Waals surface area (Å²) in [4.78, 5) is 0. The highest BCUT2D eigenvalue weighted by Crippen LogP contribution is 2.21. The normalized spacial score (nSPS) is 11.6. The van der Waals surface area contributed by atoms with E-state index in [9.17, 15) is 8.78 Å². The lowest BCUT2D eigenvalue weighted by Crippen LogP contribution is -2.10. The van der Waals surface area contributed by atoms with E-state index in [1.165, 1.54) is 30.3 Å². The number of anilines is 1. The van der Waals surface area contributed by atoms with Gasteiger partial charge in [0, 0.05) is 11.3 Å². The van der Waals surface area contributed by atoms with Crippen LogP contribution in [-0.2, 0) is 0 Å². The third-order valence-electron chi connectivity index (χ3n) is 2.48. The third-order valence-corrected chi connectivity index (χ3v) is 2.48. The van der Waals surface area contributed by atoms with Gasteiger partial charge >= 0.3 is 0 Å². The summed E-state index contributed by atoms with van der Waals surface area (Å²) < 4.78 is 26.5. The Morgan fingerprint density at radius 1 is 1.06 bits per heavy atom. The number of rotatable bonds is 3. The average Bonchev–Trinajstić information content (AvgIpc) is 2.37. The molecule has 1 unspecified atom stereocenters. The lowest BCUT2D eigenvalue weighted by atomic mass is 10.1. The van der Waals surface area contributed by atoms with Gasteiger partial charge < -0.3 is 5.32 Å². The van der Waals surface area contributed by atoms with Gasteiger partial charge in [-0.15, -0.1) is 0 Å². The second-order valence-electron chi connectivity index (χ2n) is 3.74. The van der Waals surface area contributed by atoms with E-state index in [1.807, 2.05) is 6.07 Å². The van der Waals surface area contributed by atoms with Crippen molar-refractivity contribution in [2.24, 2.45) is 0 Å². The SMILES string of the molecule is N#CC(Nc1cccc(F)c1)c1ccccc1F. The van der Waals surface area contributed by atoms with Gasteiger partial charge in [-0.1, -0.05) is 24.3 Å². The standard InChI is InChI=1S/C14H10F2N2/c15-10-4-3-5-11(8-10)18-14(9-17)12-6-1-2-7-13(12)16/h1-8,14,18H. The first-order valence-corrected chi connectivity index (χ1v) is 5.37. The van der Waals surface area contributed by atoms with Crippen molar-refractivity contribution in [3.8, 4) is 6.07 Å². The van der Waals surface area contributed by atoms with Gasteiger partial charge in [-0.05, 0) is 24.3 Å². The molecule has 0 aliphatic carbocycles. The Morgan fingerprint density at radius 3 is 2.50 bits per heavy atom. The summed E-state index contributed by atoms with van der Waals surface area (Å²) in [5.74, 6) is -0.877. The van der Waals surface area contributed by atoms with Crippen LogP contribution in [0.25, 0.3) is 0 Å². The zero-order chi connectivity index (χ0) is 13.0. The molecule has 2 rings (SSSR count). The maximum atomic E-state index is 13.5. The maximum Gasteiger partial charge on any atom is 0.143 e. The minimum Gasteiger partial charge on any atom is -0.366 e. The molecule has 0 bridgehead atoms. The Labute approximate surface area is 103 Å². The summed E-state index contributed by atoms with van der Waals surface area (Å²) in [6.07, 6.45) is 0. The number of halogens is 2. The first kappa shape index (κ1) is 12.1. The van der Waals surface area contributed by atoms with E-state index in [0.717, 1.165) is 0 Å². The van der Waals surface area contributed by atoms with Gasteiger partial charge in [-0.3, -0.25) is 0 Å². The molecule has 18 heavy (non-hydrogen) atoms. The minimum atomic E-state index is -0.854. The van der Waals surface area contributed by atoms with E-state index >= 15 is 0 Å². The number of nitrogens with one attached hydrogen (secondary N) is 1. The molecule has 0 heterocycles. The monoisotopic (exact) mass is 244 g/mol. The Morgan fingerprint density at radius 2 is 1.83 bits per heavy atom. The van der Waals surface area contributed by atoms with Crippen molar-refractivity contribution in [1.29, 1.82) is 5.26 Å². The van der Waals surface area contributed by atoms with E-state index in [4.69, 9.17) is 5.26 Å². The van der Waals surface area contributed by atoms with Crippen molar-refractivity contribution >= 4 is 5.69 Å². The van der Waals surface area contributed by atoms with Crippen LogP contribution >= 0.6 is 0 Å². The van der Waals surface area contributed by atoms with Gasteiger partial charge in [-0.25, -0.2) is 8.78 Å². The smallest absolute Gasteiger partial charge is 0.143 e. The first-order valence-electron chi connectivity index (χ1n) is 5.37. The molecule has 0 aliphatic rings. The van der Waals surface area contributed by atoms with E-state index in [0.29, 0.717) is 5.69 Å². The molecular weight excluding hydrogens is 234 g/mol. The highest BCUT2D eigenvalue weighted by molar-refractivity contribution is 5.47. The van der Waals surface area contributed by atoms with E-state index in [-0.39, 0.29) is 5.56 Å². The predicted molar refractivity (Wildman–Crippen MR) is 64.8 cm³/mol. The molecule has 0 saturated heterocycles. The van der Waals surface area contributed by atoms with Crippen molar-refractivity contribution < 1.29 is 8.78 Å². The molecule has 2 aromatic rings. The van der Waals surface area contributed by atoms with E-state index in [1.54, 1.807) is 18.2 Å². The average molecular weight is 244 g/mol. The van der Waals surface area contributed by atoms with Crippen molar-refractivity contribution in [2.45, 2.75) is 6.04 Å². The topological polar surface area (TPSA) is 35.8 Å². The molecule has 1 N–H and O–H groups in total. The Balaban J connectivity index is 2.26. The van der Waals surface area contributed by atoms with E-state index in [2.05, 4.69) is 5.32 Å². The fourth-order valence-corrected chi connectivity index (χ4v) is 1.63. The second-order valence-corrected chi connectivity index (χ2v) is 3.74. The van der Waals surface area contributed by atoms with Gasteiger partial charge in [0.25, 0.3) is 0 Å². The van der Waals surface area contributed by atoms with Gasteiger partial charge in [0.05, 0.1) is 6.07 Å². The zero-order valence-electron chi connectivity index (χ0n) is 9.40. The molecule has 0 aromatic heterocycles. The van der Waals surface area contributed by atoms with E-state index < -0.39 is 17.7 Å². The van der Waals surface area contributed by atoms with Gasteiger partial charge in [0.1, 0.15) is 17.7 Å². The minimum absolute atomic E-state index is 0.240. The highest BCUT2D eigenvalue weighted by atomic mass is 19.1. The number of hydrogen-bond donors (Lipinski definition) is 1. The summed E-state index contributed by atoms with van der Waals surface area (Å²) in [6, 6.07) is 12.8.